The van der Waals surface area contributed by atoms with Crippen LogP contribution in [-0.2, 0) is 0 Å². The largest absolute Gasteiger partial charge is 0.232 e. The lowest BCUT2D eigenvalue weighted by molar-refractivity contribution is 0.918. The first-order valence-electron chi connectivity index (χ1n) is 18.4. The molecule has 9 aromatic carbocycles. The summed E-state index contributed by atoms with van der Waals surface area (Å²) in [4.78, 5) is 0. The van der Waals surface area contributed by atoms with Gasteiger partial charge in [0.2, 0.25) is 0 Å². The van der Waals surface area contributed by atoms with Crippen molar-refractivity contribution in [1.82, 2.24) is 9.78 Å². The van der Waals surface area contributed by atoms with E-state index in [0.717, 1.165) is 27.8 Å². The third-order valence-corrected chi connectivity index (χ3v) is 12.8. The molecule has 0 aliphatic carbocycles. The second kappa shape index (κ2) is 13.7. The van der Waals surface area contributed by atoms with Gasteiger partial charge in [-0.3, -0.25) is 0 Å². The molecule has 0 N–H and O–H groups in total. The van der Waals surface area contributed by atoms with Crippen molar-refractivity contribution in [3.63, 3.8) is 0 Å². The molecule has 254 valence electrons. The number of para-hydroxylation sites is 1. The molecule has 54 heavy (non-hydrogen) atoms. The minimum Gasteiger partial charge on any atom is -0.232 e. The standard InChI is InChI=1S/C51H35N2P/c1-6-16-36(17-7-1)47-35-42-29-28-41(34-48(42)51-49(47)50(37-18-8-2-9-19-37)52-53(51)43-20-10-3-11-21-43)38-26-27-40-33-46(31-30-39(40)32-38)54(44-22-12-4-13-23-44)45-24-14-5-15-25-45/h1-35H. The first-order chi connectivity index (χ1) is 26.8. The Hall–Kier alpha value is -6.60. The van der Waals surface area contributed by atoms with E-state index in [9.17, 15) is 0 Å². The van der Waals surface area contributed by atoms with Gasteiger partial charge in [0.25, 0.3) is 0 Å². The highest BCUT2D eigenvalue weighted by atomic mass is 31.1. The van der Waals surface area contributed by atoms with E-state index in [1.807, 2.05) is 0 Å². The number of hydrogen-bond acceptors (Lipinski definition) is 1. The molecule has 1 heterocycles. The second-order valence-corrected chi connectivity index (χ2v) is 15.9. The molecule has 1 aromatic heterocycles. The van der Waals surface area contributed by atoms with Crippen molar-refractivity contribution in [2.45, 2.75) is 0 Å². The molecule has 2 nitrogen and oxygen atoms in total. The first kappa shape index (κ1) is 32.1. The topological polar surface area (TPSA) is 17.8 Å². The monoisotopic (exact) mass is 706 g/mol. The van der Waals surface area contributed by atoms with E-state index in [4.69, 9.17) is 5.10 Å². The van der Waals surface area contributed by atoms with Crippen LogP contribution in [0.5, 0.6) is 0 Å². The fourth-order valence-corrected chi connectivity index (χ4v) is 10.1. The van der Waals surface area contributed by atoms with Crippen molar-refractivity contribution in [2.24, 2.45) is 0 Å². The van der Waals surface area contributed by atoms with Crippen LogP contribution in [0.2, 0.25) is 0 Å². The lowest BCUT2D eigenvalue weighted by atomic mass is 9.92. The minimum atomic E-state index is -0.673. The average Bonchev–Trinajstić information content (AvgIpc) is 3.66. The highest BCUT2D eigenvalue weighted by Crippen LogP contribution is 2.43. The van der Waals surface area contributed by atoms with Gasteiger partial charge < -0.3 is 0 Å². The summed E-state index contributed by atoms with van der Waals surface area (Å²) in [5, 5.41) is 15.5. The first-order valence-corrected chi connectivity index (χ1v) is 19.7. The predicted octanol–water partition coefficient (Wildman–Crippen LogP) is 12.1. The van der Waals surface area contributed by atoms with Gasteiger partial charge in [-0.1, -0.05) is 176 Å². The maximum absolute atomic E-state index is 5.39. The average molecular weight is 707 g/mol. The molecule has 0 unspecified atom stereocenters. The Bertz CT molecular complexity index is 2860. The van der Waals surface area contributed by atoms with Gasteiger partial charge in [0.1, 0.15) is 5.69 Å². The number of hydrogen-bond donors (Lipinski definition) is 0. The third-order valence-electron chi connectivity index (χ3n) is 10.3. The van der Waals surface area contributed by atoms with Gasteiger partial charge in [-0.2, -0.15) is 5.10 Å². The molecule has 0 amide bonds. The summed E-state index contributed by atoms with van der Waals surface area (Å²) >= 11 is 0. The summed E-state index contributed by atoms with van der Waals surface area (Å²) in [6, 6.07) is 76.8. The number of benzene rings is 9. The summed E-state index contributed by atoms with van der Waals surface area (Å²) < 4.78 is 2.15. The zero-order valence-corrected chi connectivity index (χ0v) is 30.4. The summed E-state index contributed by atoms with van der Waals surface area (Å²) in [5.74, 6) is 0. The lowest BCUT2D eigenvalue weighted by Crippen LogP contribution is -2.20. The molecule has 0 saturated heterocycles. The SMILES string of the molecule is c1ccc(-c2cc3ccc(-c4ccc5cc(P(c6ccccc6)c6ccccc6)ccc5c4)cc3c3c2c(-c2ccccc2)nn3-c2ccccc2)cc1. The van der Waals surface area contributed by atoms with Gasteiger partial charge in [0.05, 0.1) is 11.2 Å². The zero-order chi connectivity index (χ0) is 35.8. The van der Waals surface area contributed by atoms with Crippen molar-refractivity contribution >= 4 is 56.3 Å². The third kappa shape index (κ3) is 5.78. The zero-order valence-electron chi connectivity index (χ0n) is 29.5. The van der Waals surface area contributed by atoms with E-state index in [1.54, 1.807) is 0 Å². The van der Waals surface area contributed by atoms with Gasteiger partial charge in [-0.05, 0) is 98.6 Å². The molecule has 0 bridgehead atoms. The van der Waals surface area contributed by atoms with Crippen LogP contribution >= 0.6 is 7.92 Å². The molecule has 10 aromatic rings. The lowest BCUT2D eigenvalue weighted by Gasteiger charge is -2.20. The van der Waals surface area contributed by atoms with E-state index in [2.05, 4.69) is 217 Å². The Kier molecular flexibility index (Phi) is 8.17. The van der Waals surface area contributed by atoms with Gasteiger partial charge in [-0.25, -0.2) is 4.68 Å². The molecular weight excluding hydrogens is 672 g/mol. The molecule has 0 saturated carbocycles. The van der Waals surface area contributed by atoms with Crippen molar-refractivity contribution in [1.29, 1.82) is 0 Å². The van der Waals surface area contributed by atoms with Crippen LogP contribution in [0.1, 0.15) is 0 Å². The number of rotatable bonds is 7. The van der Waals surface area contributed by atoms with Crippen molar-refractivity contribution in [3.8, 4) is 39.2 Å². The highest BCUT2D eigenvalue weighted by Gasteiger charge is 2.22. The quantitative estimate of drug-likeness (QED) is 0.151. The summed E-state index contributed by atoms with van der Waals surface area (Å²) in [6.45, 7) is 0. The second-order valence-electron chi connectivity index (χ2n) is 13.7. The predicted molar refractivity (Wildman–Crippen MR) is 231 cm³/mol. The van der Waals surface area contributed by atoms with Crippen LogP contribution in [0.4, 0.5) is 0 Å². The van der Waals surface area contributed by atoms with Crippen LogP contribution in [-0.4, -0.2) is 9.78 Å². The van der Waals surface area contributed by atoms with Crippen LogP contribution in [0.25, 0.3) is 71.6 Å². The fraction of sp³-hybridized carbons (Fsp3) is 0. The Morgan fingerprint density at radius 3 is 1.54 bits per heavy atom. The van der Waals surface area contributed by atoms with Crippen LogP contribution in [0.15, 0.2) is 212 Å². The number of nitrogens with zero attached hydrogens (tertiary/aromatic N) is 2. The van der Waals surface area contributed by atoms with Crippen molar-refractivity contribution in [3.05, 3.63) is 212 Å². The summed E-state index contributed by atoms with van der Waals surface area (Å²) in [7, 11) is -0.673. The molecule has 0 radical (unpaired) electrons. The molecular formula is C51H35N2P. The Morgan fingerprint density at radius 1 is 0.370 bits per heavy atom. The summed E-state index contributed by atoms with van der Waals surface area (Å²) in [5.41, 5.74) is 8.96. The Balaban J connectivity index is 1.15. The Labute approximate surface area is 316 Å². The number of aromatic nitrogens is 2. The van der Waals surface area contributed by atoms with Gasteiger partial charge in [0, 0.05) is 16.3 Å². The molecule has 3 heteroatoms. The van der Waals surface area contributed by atoms with Crippen LogP contribution in [0, 0.1) is 0 Å². The van der Waals surface area contributed by atoms with Gasteiger partial charge >= 0.3 is 0 Å². The molecule has 0 atom stereocenters. The van der Waals surface area contributed by atoms with Crippen LogP contribution in [0.3, 0.4) is 0 Å². The Morgan fingerprint density at radius 2 is 0.889 bits per heavy atom. The van der Waals surface area contributed by atoms with Crippen molar-refractivity contribution in [2.75, 3.05) is 0 Å². The highest BCUT2D eigenvalue weighted by molar-refractivity contribution is 7.79. The number of fused-ring (bicyclic) bond motifs is 4. The molecule has 0 aliphatic heterocycles. The fourth-order valence-electron chi connectivity index (χ4n) is 7.77. The van der Waals surface area contributed by atoms with Crippen molar-refractivity contribution < 1.29 is 0 Å². The summed E-state index contributed by atoms with van der Waals surface area (Å²) in [6.07, 6.45) is 0. The van der Waals surface area contributed by atoms with E-state index in [-0.39, 0.29) is 0 Å². The molecule has 0 fully saturated rings. The molecule has 0 spiro atoms. The minimum absolute atomic E-state index is 0.673. The maximum Gasteiger partial charge on any atom is 0.101 e. The van der Waals surface area contributed by atoms with Gasteiger partial charge in [-0.15, -0.1) is 0 Å². The van der Waals surface area contributed by atoms with E-state index in [0.29, 0.717) is 0 Å². The van der Waals surface area contributed by atoms with E-state index < -0.39 is 7.92 Å². The smallest absolute Gasteiger partial charge is 0.101 e. The molecule has 10 rings (SSSR count). The molecule has 0 aliphatic rings. The normalized spacial score (nSPS) is 11.5. The van der Waals surface area contributed by atoms with E-state index in [1.165, 1.54) is 59.7 Å². The van der Waals surface area contributed by atoms with Gasteiger partial charge in [0.15, 0.2) is 0 Å². The maximum atomic E-state index is 5.39. The van der Waals surface area contributed by atoms with Crippen LogP contribution < -0.4 is 15.9 Å². The van der Waals surface area contributed by atoms with E-state index >= 15 is 0 Å².